The van der Waals surface area contributed by atoms with Gasteiger partial charge in [0.05, 0.1) is 6.54 Å². The quantitative estimate of drug-likeness (QED) is 0.725. The van der Waals surface area contributed by atoms with Gasteiger partial charge >= 0.3 is 0 Å². The number of nitrogens with two attached hydrogens (primary N) is 1. The molecule has 0 bridgehead atoms. The van der Waals surface area contributed by atoms with Crippen molar-refractivity contribution < 1.29 is 4.74 Å². The van der Waals surface area contributed by atoms with Crippen LogP contribution in [0.15, 0.2) is 6.07 Å². The van der Waals surface area contributed by atoms with Crippen LogP contribution in [0.2, 0.25) is 0 Å². The first-order chi connectivity index (χ1) is 7.61. The molecule has 0 amide bonds. The van der Waals surface area contributed by atoms with Gasteiger partial charge < -0.3 is 10.5 Å². The second-order valence-corrected chi connectivity index (χ2v) is 3.93. The zero-order chi connectivity index (χ0) is 12.0. The molecular formula is C11H20N4O. The van der Waals surface area contributed by atoms with Crippen LogP contribution in [0, 0.1) is 6.92 Å². The summed E-state index contributed by atoms with van der Waals surface area (Å²) in [6.07, 6.45) is 1.01. The van der Waals surface area contributed by atoms with E-state index in [1.807, 2.05) is 14.0 Å². The van der Waals surface area contributed by atoms with Gasteiger partial charge in [-0.05, 0) is 20.4 Å². The van der Waals surface area contributed by atoms with E-state index in [1.165, 1.54) is 0 Å². The highest BCUT2D eigenvalue weighted by Crippen LogP contribution is 2.04. The van der Waals surface area contributed by atoms with E-state index in [4.69, 9.17) is 10.5 Å². The molecule has 0 aliphatic rings. The fourth-order valence-corrected chi connectivity index (χ4v) is 1.53. The summed E-state index contributed by atoms with van der Waals surface area (Å²) < 4.78 is 5.00. The highest BCUT2D eigenvalue weighted by molar-refractivity contribution is 5.29. The maximum atomic E-state index is 5.67. The largest absolute Gasteiger partial charge is 0.385 e. The molecule has 0 aromatic carbocycles. The van der Waals surface area contributed by atoms with Crippen molar-refractivity contribution in [1.29, 1.82) is 0 Å². The van der Waals surface area contributed by atoms with E-state index in [0.29, 0.717) is 5.82 Å². The highest BCUT2D eigenvalue weighted by atomic mass is 16.5. The predicted octanol–water partition coefficient (Wildman–Crippen LogP) is 0.836. The maximum absolute atomic E-state index is 5.67. The molecule has 0 atom stereocenters. The topological polar surface area (TPSA) is 64.3 Å². The van der Waals surface area contributed by atoms with Crippen LogP contribution in [0.25, 0.3) is 0 Å². The summed E-state index contributed by atoms with van der Waals surface area (Å²) in [5, 5.41) is 0. The van der Waals surface area contributed by atoms with E-state index < -0.39 is 0 Å². The minimum absolute atomic E-state index is 0.535. The molecule has 5 heteroatoms. The third-order valence-electron chi connectivity index (χ3n) is 2.22. The standard InChI is InChI=1S/C11H20N4O/c1-9-7-10(12)14-11(13-9)8-15(2)5-4-6-16-3/h7H,4-6,8H2,1-3H3,(H2,12,13,14). The average Bonchev–Trinajstić information content (AvgIpc) is 2.16. The van der Waals surface area contributed by atoms with E-state index in [2.05, 4.69) is 14.9 Å². The first-order valence-corrected chi connectivity index (χ1v) is 5.39. The number of aromatic nitrogens is 2. The lowest BCUT2D eigenvalue weighted by molar-refractivity contribution is 0.177. The van der Waals surface area contributed by atoms with Gasteiger partial charge in [-0.15, -0.1) is 0 Å². The van der Waals surface area contributed by atoms with Gasteiger partial charge in [0.15, 0.2) is 0 Å². The van der Waals surface area contributed by atoms with Crippen LogP contribution >= 0.6 is 0 Å². The summed E-state index contributed by atoms with van der Waals surface area (Å²) in [5.41, 5.74) is 6.58. The molecule has 0 aliphatic carbocycles. The fraction of sp³-hybridized carbons (Fsp3) is 0.636. The van der Waals surface area contributed by atoms with E-state index in [1.54, 1.807) is 13.2 Å². The van der Waals surface area contributed by atoms with E-state index in [0.717, 1.165) is 37.6 Å². The Labute approximate surface area is 96.6 Å². The van der Waals surface area contributed by atoms with Crippen molar-refractivity contribution in [2.24, 2.45) is 0 Å². The van der Waals surface area contributed by atoms with Crippen LogP contribution in [0.1, 0.15) is 17.9 Å². The SMILES string of the molecule is COCCCN(C)Cc1nc(C)cc(N)n1. The smallest absolute Gasteiger partial charge is 0.144 e. The molecule has 0 saturated heterocycles. The molecule has 0 spiro atoms. The third kappa shape index (κ3) is 4.55. The molecule has 1 rings (SSSR count). The molecule has 0 fully saturated rings. The molecule has 0 radical (unpaired) electrons. The molecule has 5 nitrogen and oxygen atoms in total. The molecular weight excluding hydrogens is 204 g/mol. The van der Waals surface area contributed by atoms with Gasteiger partial charge in [0.25, 0.3) is 0 Å². The van der Waals surface area contributed by atoms with Gasteiger partial charge in [0, 0.05) is 32.0 Å². The Morgan fingerprint density at radius 2 is 2.19 bits per heavy atom. The molecule has 0 saturated carbocycles. The van der Waals surface area contributed by atoms with E-state index >= 15 is 0 Å². The Morgan fingerprint density at radius 3 is 2.81 bits per heavy atom. The number of ether oxygens (including phenoxy) is 1. The molecule has 1 aromatic heterocycles. The van der Waals surface area contributed by atoms with E-state index in [-0.39, 0.29) is 0 Å². The van der Waals surface area contributed by atoms with Crippen LogP contribution in [-0.4, -0.2) is 42.2 Å². The van der Waals surface area contributed by atoms with Crippen LogP contribution in [0.5, 0.6) is 0 Å². The summed E-state index contributed by atoms with van der Waals surface area (Å²) in [5.74, 6) is 1.31. The maximum Gasteiger partial charge on any atom is 0.144 e. The lowest BCUT2D eigenvalue weighted by Gasteiger charge is -2.15. The van der Waals surface area contributed by atoms with Gasteiger partial charge in [-0.3, -0.25) is 4.90 Å². The normalized spacial score (nSPS) is 11.0. The number of nitrogen functional groups attached to an aromatic ring is 1. The average molecular weight is 224 g/mol. The first-order valence-electron chi connectivity index (χ1n) is 5.39. The first kappa shape index (κ1) is 12.9. The van der Waals surface area contributed by atoms with Crippen molar-refractivity contribution >= 4 is 5.82 Å². The Bertz CT molecular complexity index is 310. The third-order valence-corrected chi connectivity index (χ3v) is 2.22. The van der Waals surface area contributed by atoms with Gasteiger partial charge in [-0.2, -0.15) is 0 Å². The molecule has 2 N–H and O–H groups in total. The number of aryl methyl sites for hydroxylation is 1. The Kier molecular flexibility index (Phi) is 5.14. The second kappa shape index (κ2) is 6.40. The lowest BCUT2D eigenvalue weighted by Crippen LogP contribution is -2.22. The number of anilines is 1. The monoisotopic (exact) mass is 224 g/mol. The highest BCUT2D eigenvalue weighted by Gasteiger charge is 2.04. The molecule has 16 heavy (non-hydrogen) atoms. The number of nitrogens with zero attached hydrogens (tertiary/aromatic N) is 3. The zero-order valence-corrected chi connectivity index (χ0v) is 10.2. The minimum atomic E-state index is 0.535. The predicted molar refractivity (Wildman–Crippen MR) is 64.0 cm³/mol. The number of hydrogen-bond acceptors (Lipinski definition) is 5. The van der Waals surface area contributed by atoms with Crippen molar-refractivity contribution in [2.75, 3.05) is 33.0 Å². The van der Waals surface area contributed by atoms with Crippen LogP contribution < -0.4 is 5.73 Å². The van der Waals surface area contributed by atoms with Gasteiger partial charge in [0.1, 0.15) is 11.6 Å². The molecule has 90 valence electrons. The summed E-state index contributed by atoms with van der Waals surface area (Å²) in [6, 6.07) is 1.77. The van der Waals surface area contributed by atoms with Crippen LogP contribution in [0.3, 0.4) is 0 Å². The summed E-state index contributed by atoms with van der Waals surface area (Å²) in [4.78, 5) is 10.7. The second-order valence-electron chi connectivity index (χ2n) is 3.93. The van der Waals surface area contributed by atoms with Crippen molar-refractivity contribution in [1.82, 2.24) is 14.9 Å². The molecule has 1 aromatic rings. The number of methoxy groups -OCH3 is 1. The fourth-order valence-electron chi connectivity index (χ4n) is 1.53. The van der Waals surface area contributed by atoms with Gasteiger partial charge in [-0.25, -0.2) is 9.97 Å². The molecule has 1 heterocycles. The molecule has 0 aliphatic heterocycles. The molecule has 0 unspecified atom stereocenters. The van der Waals surface area contributed by atoms with Crippen molar-refractivity contribution in [3.05, 3.63) is 17.6 Å². The Balaban J connectivity index is 2.45. The summed E-state index contributed by atoms with van der Waals surface area (Å²) in [7, 11) is 3.75. The Hall–Kier alpha value is -1.20. The minimum Gasteiger partial charge on any atom is -0.385 e. The van der Waals surface area contributed by atoms with Gasteiger partial charge in [-0.1, -0.05) is 0 Å². The summed E-state index contributed by atoms with van der Waals surface area (Å²) in [6.45, 7) is 4.38. The lowest BCUT2D eigenvalue weighted by atomic mass is 10.3. The van der Waals surface area contributed by atoms with Gasteiger partial charge in [0.2, 0.25) is 0 Å². The van der Waals surface area contributed by atoms with Crippen LogP contribution in [-0.2, 0) is 11.3 Å². The zero-order valence-electron chi connectivity index (χ0n) is 10.2. The van der Waals surface area contributed by atoms with E-state index in [9.17, 15) is 0 Å². The van der Waals surface area contributed by atoms with Crippen molar-refractivity contribution in [3.63, 3.8) is 0 Å². The number of hydrogen-bond donors (Lipinski definition) is 1. The van der Waals surface area contributed by atoms with Crippen molar-refractivity contribution in [2.45, 2.75) is 19.9 Å². The van der Waals surface area contributed by atoms with Crippen molar-refractivity contribution in [3.8, 4) is 0 Å². The number of rotatable bonds is 6. The van der Waals surface area contributed by atoms with Crippen LogP contribution in [0.4, 0.5) is 5.82 Å². The Morgan fingerprint density at radius 1 is 1.44 bits per heavy atom. The summed E-state index contributed by atoms with van der Waals surface area (Å²) >= 11 is 0.